The highest BCUT2D eigenvalue weighted by molar-refractivity contribution is 6.04. The van der Waals surface area contributed by atoms with Crippen LogP contribution in [0.3, 0.4) is 0 Å². The first kappa shape index (κ1) is 15.7. The van der Waals surface area contributed by atoms with Gasteiger partial charge in [0.15, 0.2) is 0 Å². The van der Waals surface area contributed by atoms with Gasteiger partial charge in [0.05, 0.1) is 5.56 Å². The number of aromatic nitrogens is 1. The summed E-state index contributed by atoms with van der Waals surface area (Å²) in [6.45, 7) is 0. The second kappa shape index (κ2) is 5.80. The predicted molar refractivity (Wildman–Crippen MR) is 79.7 cm³/mol. The minimum atomic E-state index is -4.56. The number of nitrogens with zero attached hydrogens (tertiary/aromatic N) is 1. The number of carbonyl (C=O) groups is 1. The molecule has 2 heterocycles. The molecule has 0 unspecified atom stereocenters. The Labute approximate surface area is 132 Å². The summed E-state index contributed by atoms with van der Waals surface area (Å²) in [4.78, 5) is 26.4. The summed E-state index contributed by atoms with van der Waals surface area (Å²) in [7, 11) is 0. The molecule has 2 aromatic heterocycles. The summed E-state index contributed by atoms with van der Waals surface area (Å²) in [5.74, 6) is -0.604. The van der Waals surface area contributed by atoms with E-state index in [2.05, 4.69) is 10.3 Å². The lowest BCUT2D eigenvalue weighted by Gasteiger charge is -2.08. The number of benzene rings is 1. The number of anilines is 1. The smallest absolute Gasteiger partial charge is 0.423 e. The van der Waals surface area contributed by atoms with Crippen LogP contribution < -0.4 is 10.9 Å². The molecule has 0 atom stereocenters. The second-order valence-corrected chi connectivity index (χ2v) is 4.89. The van der Waals surface area contributed by atoms with Gasteiger partial charge in [0.1, 0.15) is 11.3 Å². The van der Waals surface area contributed by atoms with Gasteiger partial charge in [-0.05, 0) is 36.4 Å². The van der Waals surface area contributed by atoms with Crippen LogP contribution in [-0.4, -0.2) is 10.9 Å². The maximum atomic E-state index is 12.5. The fraction of sp³-hybridized carbons (Fsp3) is 0.0625. The van der Waals surface area contributed by atoms with Gasteiger partial charge >= 0.3 is 11.8 Å². The first-order chi connectivity index (χ1) is 11.3. The van der Waals surface area contributed by atoms with Crippen LogP contribution in [0.15, 0.2) is 57.9 Å². The Morgan fingerprint density at radius 3 is 2.54 bits per heavy atom. The Morgan fingerprint density at radius 2 is 1.88 bits per heavy atom. The molecule has 1 amide bonds. The van der Waals surface area contributed by atoms with Gasteiger partial charge in [-0.25, -0.2) is 4.79 Å². The fourth-order valence-corrected chi connectivity index (χ4v) is 2.05. The Balaban J connectivity index is 1.81. The van der Waals surface area contributed by atoms with Crippen molar-refractivity contribution in [2.24, 2.45) is 0 Å². The molecule has 1 aromatic carbocycles. The minimum absolute atomic E-state index is 0.0114. The summed E-state index contributed by atoms with van der Waals surface area (Å²) >= 11 is 0. The van der Waals surface area contributed by atoms with Gasteiger partial charge in [0.25, 0.3) is 5.91 Å². The van der Waals surface area contributed by atoms with Crippen molar-refractivity contribution < 1.29 is 22.4 Å². The first-order valence-corrected chi connectivity index (χ1v) is 6.71. The van der Waals surface area contributed by atoms with Gasteiger partial charge in [-0.1, -0.05) is 0 Å². The van der Waals surface area contributed by atoms with Crippen LogP contribution in [0, 0.1) is 0 Å². The third kappa shape index (κ3) is 3.27. The van der Waals surface area contributed by atoms with E-state index in [1.54, 1.807) is 6.07 Å². The molecule has 1 N–H and O–H groups in total. The Bertz CT molecular complexity index is 963. The zero-order chi connectivity index (χ0) is 17.3. The monoisotopic (exact) mass is 334 g/mol. The SMILES string of the molecule is O=C(Nc1ccc2oc(=O)ccc2c1)c1ccc(C(F)(F)F)nc1. The van der Waals surface area contributed by atoms with Gasteiger partial charge < -0.3 is 9.73 Å². The fourth-order valence-electron chi connectivity index (χ4n) is 2.05. The molecule has 0 saturated carbocycles. The van der Waals surface area contributed by atoms with Crippen LogP contribution in [0.4, 0.5) is 18.9 Å². The van der Waals surface area contributed by atoms with E-state index < -0.39 is 23.4 Å². The molecule has 122 valence electrons. The van der Waals surface area contributed by atoms with Crippen LogP contribution in [0.2, 0.25) is 0 Å². The van der Waals surface area contributed by atoms with Crippen LogP contribution >= 0.6 is 0 Å². The zero-order valence-corrected chi connectivity index (χ0v) is 11.9. The number of rotatable bonds is 2. The topological polar surface area (TPSA) is 72.2 Å². The van der Waals surface area contributed by atoms with Crippen LogP contribution in [0.5, 0.6) is 0 Å². The third-order valence-corrected chi connectivity index (χ3v) is 3.19. The number of amides is 1. The van der Waals surface area contributed by atoms with E-state index in [1.165, 1.54) is 24.3 Å². The Morgan fingerprint density at radius 1 is 1.08 bits per heavy atom. The van der Waals surface area contributed by atoms with E-state index in [0.717, 1.165) is 18.3 Å². The van der Waals surface area contributed by atoms with Gasteiger partial charge in [0.2, 0.25) is 0 Å². The predicted octanol–water partition coefficient (Wildman–Crippen LogP) is 3.46. The highest BCUT2D eigenvalue weighted by Crippen LogP contribution is 2.27. The molecule has 24 heavy (non-hydrogen) atoms. The van der Waals surface area contributed by atoms with E-state index in [1.807, 2.05) is 0 Å². The lowest BCUT2D eigenvalue weighted by atomic mass is 10.2. The van der Waals surface area contributed by atoms with Gasteiger partial charge in [-0.3, -0.25) is 9.78 Å². The summed E-state index contributed by atoms with van der Waals surface area (Å²) in [6.07, 6.45) is -3.70. The summed E-state index contributed by atoms with van der Waals surface area (Å²) < 4.78 is 42.3. The molecule has 3 aromatic rings. The lowest BCUT2D eigenvalue weighted by Crippen LogP contribution is -2.14. The van der Waals surface area contributed by atoms with Crippen molar-refractivity contribution in [1.29, 1.82) is 0 Å². The van der Waals surface area contributed by atoms with Crippen molar-refractivity contribution in [2.75, 3.05) is 5.32 Å². The third-order valence-electron chi connectivity index (χ3n) is 3.19. The summed E-state index contributed by atoms with van der Waals surface area (Å²) in [5.41, 5.74) is -0.810. The second-order valence-electron chi connectivity index (χ2n) is 4.89. The number of nitrogens with one attached hydrogen (secondary N) is 1. The van der Waals surface area contributed by atoms with Crippen LogP contribution in [0.1, 0.15) is 16.1 Å². The molecule has 0 fully saturated rings. The number of fused-ring (bicyclic) bond motifs is 1. The van der Waals surface area contributed by atoms with Crippen molar-refractivity contribution >= 4 is 22.6 Å². The van der Waals surface area contributed by atoms with Crippen LogP contribution in [-0.2, 0) is 6.18 Å². The molecular weight excluding hydrogens is 325 g/mol. The standard InChI is InChI=1S/C16H9F3N2O3/c17-16(18,19)13-5-1-10(8-20-13)15(23)21-11-3-4-12-9(7-11)2-6-14(22)24-12/h1-8H,(H,21,23). The number of carbonyl (C=O) groups excluding carboxylic acids is 1. The number of alkyl halides is 3. The van der Waals surface area contributed by atoms with E-state index >= 15 is 0 Å². The molecule has 0 spiro atoms. The molecule has 0 saturated heterocycles. The summed E-state index contributed by atoms with van der Waals surface area (Å²) in [5, 5.41) is 3.14. The molecule has 0 aliphatic carbocycles. The van der Waals surface area contributed by atoms with Crippen molar-refractivity contribution in [3.05, 3.63) is 70.3 Å². The number of pyridine rings is 1. The lowest BCUT2D eigenvalue weighted by molar-refractivity contribution is -0.141. The van der Waals surface area contributed by atoms with Crippen molar-refractivity contribution in [3.63, 3.8) is 0 Å². The van der Waals surface area contributed by atoms with E-state index in [-0.39, 0.29) is 5.56 Å². The van der Waals surface area contributed by atoms with Gasteiger partial charge in [0, 0.05) is 23.3 Å². The normalized spacial score (nSPS) is 11.5. The zero-order valence-electron chi connectivity index (χ0n) is 11.9. The highest BCUT2D eigenvalue weighted by Gasteiger charge is 2.32. The molecule has 0 radical (unpaired) electrons. The van der Waals surface area contributed by atoms with E-state index in [9.17, 15) is 22.8 Å². The maximum Gasteiger partial charge on any atom is 0.433 e. The maximum absolute atomic E-state index is 12.5. The molecule has 0 aliphatic heterocycles. The van der Waals surface area contributed by atoms with E-state index in [4.69, 9.17) is 4.42 Å². The van der Waals surface area contributed by atoms with Gasteiger partial charge in [-0.2, -0.15) is 13.2 Å². The molecule has 0 bridgehead atoms. The quantitative estimate of drug-likeness (QED) is 0.729. The number of hydrogen-bond acceptors (Lipinski definition) is 4. The largest absolute Gasteiger partial charge is 0.433 e. The molecule has 8 heteroatoms. The molecule has 3 rings (SSSR count). The first-order valence-electron chi connectivity index (χ1n) is 6.71. The average molecular weight is 334 g/mol. The summed E-state index contributed by atoms with van der Waals surface area (Å²) in [6, 6.07) is 9.17. The van der Waals surface area contributed by atoms with Crippen LogP contribution in [0.25, 0.3) is 11.0 Å². The highest BCUT2D eigenvalue weighted by atomic mass is 19.4. The molecule has 0 aliphatic rings. The van der Waals surface area contributed by atoms with Gasteiger partial charge in [-0.15, -0.1) is 0 Å². The van der Waals surface area contributed by atoms with Crippen molar-refractivity contribution in [3.8, 4) is 0 Å². The Hall–Kier alpha value is -3.16. The molecular formula is C16H9F3N2O3. The Kier molecular flexibility index (Phi) is 3.80. The number of hydrogen-bond donors (Lipinski definition) is 1. The van der Waals surface area contributed by atoms with Crippen molar-refractivity contribution in [1.82, 2.24) is 4.98 Å². The van der Waals surface area contributed by atoms with E-state index in [0.29, 0.717) is 16.7 Å². The minimum Gasteiger partial charge on any atom is -0.423 e. The van der Waals surface area contributed by atoms with Crippen molar-refractivity contribution in [2.45, 2.75) is 6.18 Å². The average Bonchev–Trinajstić information content (AvgIpc) is 2.54. The number of halogens is 3. The molecule has 5 nitrogen and oxygen atoms in total.